The van der Waals surface area contributed by atoms with Gasteiger partial charge in [-0.1, -0.05) is 17.7 Å². The van der Waals surface area contributed by atoms with E-state index in [1.165, 1.54) is 0 Å². The SMILES string of the molecule is Cc1ccc(NC(=O)c2oc3c(c2C)/C(=N/NC(N)=S)CCC3)c(C)c1. The molecule has 1 aliphatic rings. The first-order valence-corrected chi connectivity index (χ1v) is 8.91. The van der Waals surface area contributed by atoms with Gasteiger partial charge in [-0.3, -0.25) is 10.2 Å². The second-order valence-corrected chi connectivity index (χ2v) is 6.95. The van der Waals surface area contributed by atoms with Crippen LogP contribution in [0.25, 0.3) is 0 Å². The number of amides is 1. The molecular formula is C19H22N4O2S. The maximum Gasteiger partial charge on any atom is 0.291 e. The number of rotatable bonds is 3. The second-order valence-electron chi connectivity index (χ2n) is 6.51. The molecule has 0 spiro atoms. The van der Waals surface area contributed by atoms with Crippen LogP contribution in [-0.2, 0) is 6.42 Å². The highest BCUT2D eigenvalue weighted by Crippen LogP contribution is 2.30. The predicted molar refractivity (Wildman–Crippen MR) is 107 cm³/mol. The molecule has 1 aliphatic carbocycles. The minimum Gasteiger partial charge on any atom is -0.455 e. The van der Waals surface area contributed by atoms with Gasteiger partial charge in [0.05, 0.1) is 5.71 Å². The summed E-state index contributed by atoms with van der Waals surface area (Å²) in [7, 11) is 0. The summed E-state index contributed by atoms with van der Waals surface area (Å²) in [5, 5.41) is 7.32. The van der Waals surface area contributed by atoms with Crippen LogP contribution in [-0.4, -0.2) is 16.7 Å². The number of carbonyl (C=O) groups excluding carboxylic acids is 1. The highest BCUT2D eigenvalue weighted by molar-refractivity contribution is 7.80. The van der Waals surface area contributed by atoms with E-state index in [2.05, 4.69) is 15.8 Å². The number of fused-ring (bicyclic) bond motifs is 1. The van der Waals surface area contributed by atoms with E-state index in [-0.39, 0.29) is 11.0 Å². The van der Waals surface area contributed by atoms with Crippen molar-refractivity contribution in [3.8, 4) is 0 Å². The molecule has 1 heterocycles. The van der Waals surface area contributed by atoms with Crippen LogP contribution in [0.15, 0.2) is 27.7 Å². The Kier molecular flexibility index (Phi) is 5.08. The van der Waals surface area contributed by atoms with Crippen molar-refractivity contribution in [2.24, 2.45) is 10.8 Å². The van der Waals surface area contributed by atoms with Crippen LogP contribution in [0.2, 0.25) is 0 Å². The first kappa shape index (κ1) is 18.1. The number of carbonyl (C=O) groups is 1. The number of anilines is 1. The number of aryl methyl sites for hydroxylation is 3. The largest absolute Gasteiger partial charge is 0.455 e. The van der Waals surface area contributed by atoms with E-state index >= 15 is 0 Å². The first-order chi connectivity index (χ1) is 12.4. The average Bonchev–Trinajstić information content (AvgIpc) is 2.93. The summed E-state index contributed by atoms with van der Waals surface area (Å²) in [4.78, 5) is 12.8. The Morgan fingerprint density at radius 2 is 2.04 bits per heavy atom. The number of hydrogen-bond donors (Lipinski definition) is 3. The number of nitrogens with zero attached hydrogens (tertiary/aromatic N) is 1. The van der Waals surface area contributed by atoms with Gasteiger partial charge in [-0.05, 0) is 57.5 Å². The highest BCUT2D eigenvalue weighted by atomic mass is 32.1. The third-order valence-corrected chi connectivity index (χ3v) is 4.55. The van der Waals surface area contributed by atoms with E-state index < -0.39 is 0 Å². The zero-order valence-corrected chi connectivity index (χ0v) is 15.9. The lowest BCUT2D eigenvalue weighted by Gasteiger charge is -2.13. The van der Waals surface area contributed by atoms with Gasteiger partial charge in [-0.2, -0.15) is 5.10 Å². The van der Waals surface area contributed by atoms with Crippen molar-refractivity contribution in [2.45, 2.75) is 40.0 Å². The Labute approximate surface area is 157 Å². The molecule has 0 aliphatic heterocycles. The minimum atomic E-state index is -0.259. The van der Waals surface area contributed by atoms with Crippen LogP contribution < -0.4 is 16.5 Å². The molecule has 0 unspecified atom stereocenters. The summed E-state index contributed by atoms with van der Waals surface area (Å²) in [6.07, 6.45) is 2.45. The van der Waals surface area contributed by atoms with Crippen molar-refractivity contribution >= 4 is 34.6 Å². The van der Waals surface area contributed by atoms with E-state index in [1.54, 1.807) is 0 Å². The lowest BCUT2D eigenvalue weighted by Crippen LogP contribution is -2.26. The topological polar surface area (TPSA) is 92.6 Å². The number of thiocarbonyl (C=S) groups is 1. The third kappa shape index (κ3) is 3.62. The van der Waals surface area contributed by atoms with Gasteiger partial charge in [0.2, 0.25) is 0 Å². The van der Waals surface area contributed by atoms with Crippen molar-refractivity contribution < 1.29 is 9.21 Å². The molecule has 0 atom stereocenters. The molecule has 7 heteroatoms. The Hall–Kier alpha value is -2.67. The summed E-state index contributed by atoms with van der Waals surface area (Å²) >= 11 is 4.81. The van der Waals surface area contributed by atoms with E-state index in [1.807, 2.05) is 39.0 Å². The summed E-state index contributed by atoms with van der Waals surface area (Å²) in [5.74, 6) is 0.841. The fourth-order valence-corrected chi connectivity index (χ4v) is 3.30. The molecule has 2 aromatic rings. The molecule has 26 heavy (non-hydrogen) atoms. The quantitative estimate of drug-likeness (QED) is 0.569. The third-order valence-electron chi connectivity index (χ3n) is 4.46. The normalized spacial score (nSPS) is 14.8. The second kappa shape index (κ2) is 7.29. The van der Waals surface area contributed by atoms with Gasteiger partial charge in [0.15, 0.2) is 10.9 Å². The summed E-state index contributed by atoms with van der Waals surface area (Å²) in [6, 6.07) is 5.90. The number of hydrazone groups is 1. The smallest absolute Gasteiger partial charge is 0.291 e. The molecule has 1 aromatic carbocycles. The number of benzene rings is 1. The van der Waals surface area contributed by atoms with Gasteiger partial charge < -0.3 is 15.5 Å². The standard InChI is InChI=1S/C19H22N4O2S/c1-10-7-8-13(11(2)9-10)21-18(24)17-12(3)16-14(22-23-19(20)26)5-4-6-15(16)25-17/h7-9H,4-6H2,1-3H3,(H,21,24)(H3,20,23,26)/b22-14+. The van der Waals surface area contributed by atoms with Crippen molar-refractivity contribution in [1.29, 1.82) is 0 Å². The van der Waals surface area contributed by atoms with Gasteiger partial charge in [0, 0.05) is 23.2 Å². The Morgan fingerprint density at radius 3 is 2.73 bits per heavy atom. The van der Waals surface area contributed by atoms with E-state index in [0.29, 0.717) is 5.76 Å². The summed E-state index contributed by atoms with van der Waals surface area (Å²) in [6.45, 7) is 5.86. The van der Waals surface area contributed by atoms with Crippen molar-refractivity contribution in [2.75, 3.05) is 5.32 Å². The molecular weight excluding hydrogens is 348 g/mol. The van der Waals surface area contributed by atoms with Crippen molar-refractivity contribution in [1.82, 2.24) is 5.43 Å². The van der Waals surface area contributed by atoms with E-state index in [0.717, 1.165) is 58.7 Å². The molecule has 1 amide bonds. The molecule has 0 radical (unpaired) electrons. The fourth-order valence-electron chi connectivity index (χ4n) is 3.25. The maximum atomic E-state index is 12.8. The molecule has 0 saturated carbocycles. The fraction of sp³-hybridized carbons (Fsp3) is 0.316. The minimum absolute atomic E-state index is 0.110. The van der Waals surface area contributed by atoms with Crippen LogP contribution in [0.4, 0.5) is 5.69 Å². The molecule has 3 rings (SSSR count). The molecule has 0 fully saturated rings. The number of nitrogens with two attached hydrogens (primary N) is 1. The van der Waals surface area contributed by atoms with Gasteiger partial charge >= 0.3 is 0 Å². The van der Waals surface area contributed by atoms with Crippen LogP contribution >= 0.6 is 12.2 Å². The van der Waals surface area contributed by atoms with Crippen LogP contribution in [0.5, 0.6) is 0 Å². The summed E-state index contributed by atoms with van der Waals surface area (Å²) < 4.78 is 5.89. The predicted octanol–water partition coefficient (Wildman–Crippen LogP) is 3.33. The van der Waals surface area contributed by atoms with Crippen molar-refractivity contribution in [3.05, 3.63) is 52.0 Å². The zero-order chi connectivity index (χ0) is 18.8. The summed E-state index contributed by atoms with van der Waals surface area (Å²) in [5.41, 5.74) is 13.5. The van der Waals surface area contributed by atoms with Crippen LogP contribution in [0.3, 0.4) is 0 Å². The number of hydrogen-bond acceptors (Lipinski definition) is 4. The molecule has 6 nitrogen and oxygen atoms in total. The van der Waals surface area contributed by atoms with Gasteiger partial charge in [0.1, 0.15) is 5.76 Å². The molecule has 0 bridgehead atoms. The Bertz CT molecular complexity index is 915. The average molecular weight is 370 g/mol. The number of nitrogens with one attached hydrogen (secondary N) is 2. The molecule has 4 N–H and O–H groups in total. The molecule has 1 aromatic heterocycles. The lowest BCUT2D eigenvalue weighted by molar-refractivity contribution is 0.0994. The van der Waals surface area contributed by atoms with E-state index in [4.69, 9.17) is 22.4 Å². The number of furan rings is 1. The maximum absolute atomic E-state index is 12.8. The van der Waals surface area contributed by atoms with Crippen molar-refractivity contribution in [3.63, 3.8) is 0 Å². The monoisotopic (exact) mass is 370 g/mol. The van der Waals surface area contributed by atoms with Crippen LogP contribution in [0, 0.1) is 20.8 Å². The van der Waals surface area contributed by atoms with Gasteiger partial charge in [-0.25, -0.2) is 0 Å². The van der Waals surface area contributed by atoms with Gasteiger partial charge in [0.25, 0.3) is 5.91 Å². The van der Waals surface area contributed by atoms with Crippen LogP contribution in [0.1, 0.15) is 51.4 Å². The molecule has 136 valence electrons. The molecule has 0 saturated heterocycles. The highest BCUT2D eigenvalue weighted by Gasteiger charge is 2.28. The van der Waals surface area contributed by atoms with Gasteiger partial charge in [-0.15, -0.1) is 0 Å². The Balaban J connectivity index is 1.91. The Morgan fingerprint density at radius 1 is 1.27 bits per heavy atom. The van der Waals surface area contributed by atoms with E-state index in [9.17, 15) is 4.79 Å². The first-order valence-electron chi connectivity index (χ1n) is 8.50. The zero-order valence-electron chi connectivity index (χ0n) is 15.1. The lowest BCUT2D eigenvalue weighted by atomic mass is 9.93.